The molecule has 6 nitrogen and oxygen atoms in total. The zero-order chi connectivity index (χ0) is 15.2. The monoisotopic (exact) mass is 286 g/mol. The van der Waals surface area contributed by atoms with Gasteiger partial charge in [-0.2, -0.15) is 9.59 Å². The molecule has 1 atom stereocenters. The third kappa shape index (κ3) is 12.3. The quantitative estimate of drug-likeness (QED) is 0.414. The smallest absolute Gasteiger partial charge is 0.427 e. The number of hydrogen-bond donors (Lipinski definition) is 3. The van der Waals surface area contributed by atoms with Gasteiger partial charge >= 0.3 is 13.3 Å². The van der Waals surface area contributed by atoms with Crippen molar-refractivity contribution in [2.24, 2.45) is 5.73 Å². The predicted octanol–water partition coefficient (Wildman–Crippen LogP) is 0.249. The average Bonchev–Trinajstić information content (AvgIpc) is 2.88. The van der Waals surface area contributed by atoms with Crippen molar-refractivity contribution < 1.29 is 19.6 Å². The minimum atomic E-state index is -1.15. The van der Waals surface area contributed by atoms with E-state index in [4.69, 9.17) is 25.4 Å². The van der Waals surface area contributed by atoms with Crippen molar-refractivity contribution >= 4 is 13.3 Å². The van der Waals surface area contributed by atoms with Crippen molar-refractivity contribution in [1.82, 2.24) is 4.90 Å². The predicted molar refractivity (Wildman–Crippen MR) is 76.7 cm³/mol. The molecule has 1 rings (SSSR count). The molecular weight excluding hydrogens is 259 g/mol. The van der Waals surface area contributed by atoms with E-state index in [0.717, 1.165) is 25.7 Å². The van der Waals surface area contributed by atoms with E-state index in [2.05, 4.69) is 4.90 Å². The van der Waals surface area contributed by atoms with Crippen molar-refractivity contribution in [1.29, 1.82) is 0 Å². The molecule has 116 valence electrons. The molecule has 20 heavy (non-hydrogen) atoms. The highest BCUT2D eigenvalue weighted by Gasteiger charge is 2.11. The van der Waals surface area contributed by atoms with Gasteiger partial charge in [-0.15, -0.1) is 0 Å². The van der Waals surface area contributed by atoms with Crippen LogP contribution in [0.3, 0.4) is 0 Å². The first-order valence-electron chi connectivity index (χ1n) is 7.43. The molecule has 1 aliphatic rings. The topological polar surface area (TPSA) is 104 Å². The zero-order valence-corrected chi connectivity index (χ0v) is 12.2. The largest absolute Gasteiger partial charge is 0.451 e. The molecule has 0 aromatic rings. The van der Waals surface area contributed by atoms with E-state index in [1.807, 2.05) is 0 Å². The van der Waals surface area contributed by atoms with Gasteiger partial charge in [0.2, 0.25) is 0 Å². The van der Waals surface area contributed by atoms with E-state index >= 15 is 0 Å². The van der Waals surface area contributed by atoms with Crippen LogP contribution >= 0.6 is 0 Å². The maximum absolute atomic E-state index is 8.70. The van der Waals surface area contributed by atoms with Crippen LogP contribution in [-0.4, -0.2) is 53.9 Å². The summed E-state index contributed by atoms with van der Waals surface area (Å²) in [5.74, 6) is 0. The number of rotatable bonds is 9. The standard InChI is InChI=1S/C12H27BN2O2.CO2/c14-12(6-1-2-8-13(16)17)7-5-11-15-9-3-4-10-15;2-1-3/h12,16-17H,1-11,14H2;. The molecule has 1 fully saturated rings. The van der Waals surface area contributed by atoms with E-state index in [9.17, 15) is 0 Å². The molecule has 0 aliphatic carbocycles. The molecule has 4 N–H and O–H groups in total. The fraction of sp³-hybridized carbons (Fsp3) is 0.923. The maximum Gasteiger partial charge on any atom is 0.451 e. The minimum absolute atomic E-state index is 0.250. The highest BCUT2D eigenvalue weighted by molar-refractivity contribution is 6.40. The van der Waals surface area contributed by atoms with Crippen LogP contribution in [-0.2, 0) is 9.59 Å². The van der Waals surface area contributed by atoms with Crippen molar-refractivity contribution in [2.45, 2.75) is 57.3 Å². The van der Waals surface area contributed by atoms with Crippen LogP contribution < -0.4 is 5.73 Å². The molecular formula is C13H27BN2O4. The number of unbranched alkanes of at least 4 members (excludes halogenated alkanes) is 1. The Morgan fingerprint density at radius 1 is 1.10 bits per heavy atom. The van der Waals surface area contributed by atoms with Crippen LogP contribution in [0.25, 0.3) is 0 Å². The third-order valence-corrected chi connectivity index (χ3v) is 3.54. The SMILES string of the molecule is NC(CCCCB(O)O)CCCN1CCCC1.O=C=O. The minimum Gasteiger partial charge on any atom is -0.427 e. The lowest BCUT2D eigenvalue weighted by atomic mass is 9.83. The van der Waals surface area contributed by atoms with Gasteiger partial charge in [0.15, 0.2) is 0 Å². The summed E-state index contributed by atoms with van der Waals surface area (Å²) >= 11 is 0. The van der Waals surface area contributed by atoms with Gasteiger partial charge in [0, 0.05) is 6.04 Å². The Morgan fingerprint density at radius 3 is 2.20 bits per heavy atom. The lowest BCUT2D eigenvalue weighted by Gasteiger charge is -2.16. The highest BCUT2D eigenvalue weighted by atomic mass is 16.4. The fourth-order valence-electron chi connectivity index (χ4n) is 2.46. The summed E-state index contributed by atoms with van der Waals surface area (Å²) in [6.07, 6.45) is 8.60. The van der Waals surface area contributed by atoms with Crippen molar-refractivity contribution in [3.8, 4) is 0 Å². The summed E-state index contributed by atoms with van der Waals surface area (Å²) in [6.45, 7) is 3.73. The Morgan fingerprint density at radius 2 is 1.65 bits per heavy atom. The maximum atomic E-state index is 8.70. The number of nitrogens with two attached hydrogens (primary N) is 1. The molecule has 0 bridgehead atoms. The van der Waals surface area contributed by atoms with Crippen LogP contribution in [0.15, 0.2) is 0 Å². The second-order valence-electron chi connectivity index (χ2n) is 5.30. The van der Waals surface area contributed by atoms with Gasteiger partial charge in [-0.3, -0.25) is 0 Å². The van der Waals surface area contributed by atoms with Crippen molar-refractivity contribution in [2.75, 3.05) is 19.6 Å². The molecule has 1 saturated heterocycles. The van der Waals surface area contributed by atoms with Gasteiger partial charge in [0.25, 0.3) is 0 Å². The number of likely N-dealkylation sites (tertiary alicyclic amines) is 1. The van der Waals surface area contributed by atoms with E-state index < -0.39 is 7.12 Å². The Kier molecular flexibility index (Phi) is 12.8. The summed E-state index contributed by atoms with van der Waals surface area (Å²) in [7, 11) is -1.15. The van der Waals surface area contributed by atoms with Crippen LogP contribution in [0, 0.1) is 0 Å². The first-order chi connectivity index (χ1) is 9.60. The third-order valence-electron chi connectivity index (χ3n) is 3.54. The molecule has 1 heterocycles. The van der Waals surface area contributed by atoms with Crippen molar-refractivity contribution in [3.05, 3.63) is 0 Å². The molecule has 0 radical (unpaired) electrons. The van der Waals surface area contributed by atoms with Crippen LogP contribution in [0.2, 0.25) is 6.32 Å². The van der Waals surface area contributed by atoms with Crippen LogP contribution in [0.5, 0.6) is 0 Å². The van der Waals surface area contributed by atoms with Gasteiger partial charge in [-0.05, 0) is 58.1 Å². The molecule has 0 spiro atoms. The molecule has 0 amide bonds. The first kappa shape index (κ1) is 19.3. The normalized spacial score (nSPS) is 16.1. The molecule has 0 aromatic heterocycles. The van der Waals surface area contributed by atoms with Crippen molar-refractivity contribution in [3.63, 3.8) is 0 Å². The van der Waals surface area contributed by atoms with Gasteiger partial charge in [-0.1, -0.05) is 12.8 Å². The Hall–Kier alpha value is -0.715. The summed E-state index contributed by atoms with van der Waals surface area (Å²) in [6, 6.07) is 0.286. The first-order valence-corrected chi connectivity index (χ1v) is 7.43. The molecule has 7 heteroatoms. The van der Waals surface area contributed by atoms with E-state index in [0.29, 0.717) is 6.32 Å². The van der Waals surface area contributed by atoms with Crippen LogP contribution in [0.4, 0.5) is 0 Å². The number of carbonyl (C=O) groups excluding carboxylic acids is 2. The summed E-state index contributed by atoms with van der Waals surface area (Å²) in [4.78, 5) is 18.8. The lowest BCUT2D eigenvalue weighted by Crippen LogP contribution is -2.25. The van der Waals surface area contributed by atoms with Gasteiger partial charge in [0.1, 0.15) is 0 Å². The molecule has 0 aromatic carbocycles. The Balaban J connectivity index is 0.00000110. The zero-order valence-electron chi connectivity index (χ0n) is 12.2. The second kappa shape index (κ2) is 13.3. The van der Waals surface area contributed by atoms with Gasteiger partial charge < -0.3 is 20.7 Å². The number of hydrogen-bond acceptors (Lipinski definition) is 6. The fourth-order valence-corrected chi connectivity index (χ4v) is 2.46. The summed E-state index contributed by atoms with van der Waals surface area (Å²) in [5.41, 5.74) is 6.03. The molecule has 1 unspecified atom stereocenters. The lowest BCUT2D eigenvalue weighted by molar-refractivity contribution is -0.191. The number of nitrogens with zero attached hydrogens (tertiary/aromatic N) is 1. The molecule has 1 aliphatic heterocycles. The highest BCUT2D eigenvalue weighted by Crippen LogP contribution is 2.11. The Bertz CT molecular complexity index is 255. The average molecular weight is 286 g/mol. The van der Waals surface area contributed by atoms with E-state index in [1.54, 1.807) is 0 Å². The van der Waals surface area contributed by atoms with E-state index in [-0.39, 0.29) is 12.2 Å². The van der Waals surface area contributed by atoms with Gasteiger partial charge in [0.05, 0.1) is 0 Å². The van der Waals surface area contributed by atoms with E-state index in [1.165, 1.54) is 38.9 Å². The van der Waals surface area contributed by atoms with Gasteiger partial charge in [-0.25, -0.2) is 0 Å². The molecule has 0 saturated carbocycles. The second-order valence-corrected chi connectivity index (χ2v) is 5.30. The summed E-state index contributed by atoms with van der Waals surface area (Å²) in [5, 5.41) is 17.4. The summed E-state index contributed by atoms with van der Waals surface area (Å²) < 4.78 is 0. The van der Waals surface area contributed by atoms with Crippen LogP contribution in [0.1, 0.15) is 44.9 Å². The Labute approximate surface area is 121 Å².